The molecule has 0 amide bonds. The molecule has 58 valence electrons. The first-order chi connectivity index (χ1) is 5.38. The first-order valence-corrected chi connectivity index (χ1v) is 3.35. The second-order valence-corrected chi connectivity index (χ2v) is 2.07. The average molecular weight is 151 g/mol. The number of hydrogen-bond donors (Lipinski definition) is 0. The van der Waals surface area contributed by atoms with Gasteiger partial charge in [0, 0.05) is 18.9 Å². The van der Waals surface area contributed by atoms with E-state index in [0.717, 1.165) is 11.5 Å². The molecule has 0 aliphatic carbocycles. The van der Waals surface area contributed by atoms with Crippen LogP contribution in [0.2, 0.25) is 0 Å². The fourth-order valence-electron chi connectivity index (χ4n) is 0.862. The minimum absolute atomic E-state index is 0.462. The maximum Gasteiger partial charge on any atom is 0.160 e. The zero-order chi connectivity index (χ0) is 8.10. The molecule has 0 saturated carbocycles. The maximum absolute atomic E-state index is 8.30. The minimum Gasteiger partial charge on any atom is -0.493 e. The summed E-state index contributed by atoms with van der Waals surface area (Å²) in [5.41, 5.74) is 0. The van der Waals surface area contributed by atoms with Gasteiger partial charge in [-0.2, -0.15) is 5.26 Å². The highest BCUT2D eigenvalue weighted by molar-refractivity contribution is 5.24. The Morgan fingerprint density at radius 3 is 3.18 bits per heavy atom. The van der Waals surface area contributed by atoms with Gasteiger partial charge >= 0.3 is 0 Å². The van der Waals surface area contributed by atoms with E-state index in [9.17, 15) is 0 Å². The third-order valence-corrected chi connectivity index (χ3v) is 1.39. The first-order valence-electron chi connectivity index (χ1n) is 3.35. The third-order valence-electron chi connectivity index (χ3n) is 1.39. The van der Waals surface area contributed by atoms with Gasteiger partial charge in [-0.1, -0.05) is 0 Å². The molecule has 0 atom stereocenters. The lowest BCUT2D eigenvalue weighted by molar-refractivity contribution is 0.391. The van der Waals surface area contributed by atoms with Crippen molar-refractivity contribution in [1.82, 2.24) is 0 Å². The van der Waals surface area contributed by atoms with Gasteiger partial charge in [0.25, 0.3) is 0 Å². The molecule has 0 spiro atoms. The van der Waals surface area contributed by atoms with E-state index in [1.165, 1.54) is 0 Å². The number of ether oxygens (including phenoxy) is 1. The lowest BCUT2D eigenvalue weighted by atomic mass is 10.2. The highest BCUT2D eigenvalue weighted by atomic mass is 16.5. The lowest BCUT2D eigenvalue weighted by Crippen LogP contribution is -1.86. The summed E-state index contributed by atoms with van der Waals surface area (Å²) in [6.45, 7) is 0. The Kier molecular flexibility index (Phi) is 2.56. The molecule has 1 rings (SSSR count). The Labute approximate surface area is 65.2 Å². The van der Waals surface area contributed by atoms with Gasteiger partial charge in [-0.15, -0.1) is 0 Å². The molecule has 1 aromatic heterocycles. The molecule has 0 fully saturated rings. The zero-order valence-corrected chi connectivity index (χ0v) is 6.33. The summed E-state index contributed by atoms with van der Waals surface area (Å²) in [4.78, 5) is 0. The topological polar surface area (TPSA) is 46.2 Å². The van der Waals surface area contributed by atoms with Crippen LogP contribution >= 0.6 is 0 Å². The molecule has 0 aromatic carbocycles. The van der Waals surface area contributed by atoms with Crippen molar-refractivity contribution in [2.24, 2.45) is 0 Å². The van der Waals surface area contributed by atoms with Crippen LogP contribution in [0.5, 0.6) is 5.75 Å². The van der Waals surface area contributed by atoms with Crippen molar-refractivity contribution in [3.63, 3.8) is 0 Å². The number of hydrogen-bond acceptors (Lipinski definition) is 3. The summed E-state index contributed by atoms with van der Waals surface area (Å²) in [6, 6.07) is 3.78. The Hall–Kier alpha value is -1.43. The number of methoxy groups -OCH3 is 1. The van der Waals surface area contributed by atoms with Crippen LogP contribution in [0, 0.1) is 11.3 Å². The van der Waals surface area contributed by atoms with Gasteiger partial charge in [-0.05, 0) is 0 Å². The lowest BCUT2D eigenvalue weighted by Gasteiger charge is -1.96. The third kappa shape index (κ3) is 1.74. The molecule has 0 N–H and O–H groups in total. The second-order valence-electron chi connectivity index (χ2n) is 2.07. The SMILES string of the molecule is COc1ccoc1CCC#N. The molecule has 11 heavy (non-hydrogen) atoms. The molecule has 0 aliphatic rings. The van der Waals surface area contributed by atoms with E-state index in [-0.39, 0.29) is 0 Å². The summed E-state index contributed by atoms with van der Waals surface area (Å²) in [5, 5.41) is 8.30. The number of aryl methyl sites for hydroxylation is 1. The smallest absolute Gasteiger partial charge is 0.160 e. The molecular formula is C8H9NO2. The summed E-state index contributed by atoms with van der Waals surface area (Å²) in [5.74, 6) is 1.47. The van der Waals surface area contributed by atoms with E-state index in [1.54, 1.807) is 19.4 Å². The second kappa shape index (κ2) is 3.67. The molecule has 0 saturated heterocycles. The van der Waals surface area contributed by atoms with Crippen molar-refractivity contribution in [1.29, 1.82) is 5.26 Å². The number of rotatable bonds is 3. The van der Waals surface area contributed by atoms with Gasteiger partial charge in [0.05, 0.1) is 19.4 Å². The van der Waals surface area contributed by atoms with Crippen LogP contribution in [0.15, 0.2) is 16.7 Å². The fraction of sp³-hybridized carbons (Fsp3) is 0.375. The van der Waals surface area contributed by atoms with E-state index < -0.39 is 0 Å². The van der Waals surface area contributed by atoms with Gasteiger partial charge in [-0.3, -0.25) is 0 Å². The van der Waals surface area contributed by atoms with Crippen molar-refractivity contribution in [3.05, 3.63) is 18.1 Å². The number of furan rings is 1. The van der Waals surface area contributed by atoms with Crippen molar-refractivity contribution in [3.8, 4) is 11.8 Å². The van der Waals surface area contributed by atoms with Crippen LogP contribution in [-0.4, -0.2) is 7.11 Å². The van der Waals surface area contributed by atoms with Crippen LogP contribution in [0.3, 0.4) is 0 Å². The number of nitriles is 1. The van der Waals surface area contributed by atoms with Gasteiger partial charge < -0.3 is 9.15 Å². The highest BCUT2D eigenvalue weighted by Crippen LogP contribution is 2.19. The van der Waals surface area contributed by atoms with Crippen LogP contribution in [0.4, 0.5) is 0 Å². The molecule has 1 aromatic rings. The summed E-state index contributed by atoms with van der Waals surface area (Å²) >= 11 is 0. The fourth-order valence-corrected chi connectivity index (χ4v) is 0.862. The Morgan fingerprint density at radius 1 is 1.73 bits per heavy atom. The predicted octanol–water partition coefficient (Wildman–Crippen LogP) is 1.74. The maximum atomic E-state index is 8.30. The summed E-state index contributed by atoms with van der Waals surface area (Å²) < 4.78 is 10.1. The van der Waals surface area contributed by atoms with Crippen LogP contribution in [0.1, 0.15) is 12.2 Å². The molecule has 0 unspecified atom stereocenters. The van der Waals surface area contributed by atoms with Gasteiger partial charge in [-0.25, -0.2) is 0 Å². The van der Waals surface area contributed by atoms with Gasteiger partial charge in [0.15, 0.2) is 5.75 Å². The van der Waals surface area contributed by atoms with Crippen molar-refractivity contribution in [2.75, 3.05) is 7.11 Å². The van der Waals surface area contributed by atoms with Crippen LogP contribution in [-0.2, 0) is 6.42 Å². The Bertz CT molecular complexity index is 259. The average Bonchev–Trinajstić information content (AvgIpc) is 2.47. The molecule has 1 heterocycles. The highest BCUT2D eigenvalue weighted by Gasteiger charge is 2.04. The largest absolute Gasteiger partial charge is 0.493 e. The van der Waals surface area contributed by atoms with E-state index in [0.29, 0.717) is 12.8 Å². The van der Waals surface area contributed by atoms with Gasteiger partial charge in [0.2, 0.25) is 0 Å². The monoisotopic (exact) mass is 151 g/mol. The van der Waals surface area contributed by atoms with Gasteiger partial charge in [0.1, 0.15) is 5.76 Å². The zero-order valence-electron chi connectivity index (χ0n) is 6.33. The molecule has 0 bridgehead atoms. The van der Waals surface area contributed by atoms with E-state index in [1.807, 2.05) is 6.07 Å². The molecule has 3 heteroatoms. The van der Waals surface area contributed by atoms with E-state index >= 15 is 0 Å². The van der Waals surface area contributed by atoms with Crippen molar-refractivity contribution >= 4 is 0 Å². The summed E-state index contributed by atoms with van der Waals surface area (Å²) in [7, 11) is 1.58. The normalized spacial score (nSPS) is 9.09. The van der Waals surface area contributed by atoms with Crippen molar-refractivity contribution < 1.29 is 9.15 Å². The molecule has 3 nitrogen and oxygen atoms in total. The van der Waals surface area contributed by atoms with E-state index in [2.05, 4.69) is 0 Å². The first kappa shape index (κ1) is 7.67. The standard InChI is InChI=1S/C8H9NO2/c1-10-7-4-6-11-8(7)3-2-5-9/h4,6H,2-3H2,1H3. The van der Waals surface area contributed by atoms with Crippen LogP contribution in [0.25, 0.3) is 0 Å². The molecule has 0 aliphatic heterocycles. The van der Waals surface area contributed by atoms with E-state index in [4.69, 9.17) is 14.4 Å². The molecular weight excluding hydrogens is 142 g/mol. The quantitative estimate of drug-likeness (QED) is 0.661. The Balaban J connectivity index is 2.62. The number of nitrogens with zero attached hydrogens (tertiary/aromatic N) is 1. The van der Waals surface area contributed by atoms with Crippen molar-refractivity contribution in [2.45, 2.75) is 12.8 Å². The molecule has 0 radical (unpaired) electrons. The Morgan fingerprint density at radius 2 is 2.55 bits per heavy atom. The minimum atomic E-state index is 0.462. The van der Waals surface area contributed by atoms with Crippen LogP contribution < -0.4 is 4.74 Å². The predicted molar refractivity (Wildman–Crippen MR) is 39.2 cm³/mol. The summed E-state index contributed by atoms with van der Waals surface area (Å²) in [6.07, 6.45) is 2.64.